The summed E-state index contributed by atoms with van der Waals surface area (Å²) in [5.41, 5.74) is 0.693. The van der Waals surface area contributed by atoms with E-state index >= 15 is 0 Å². The Morgan fingerprint density at radius 2 is 1.92 bits per heavy atom. The van der Waals surface area contributed by atoms with Gasteiger partial charge in [0.25, 0.3) is 11.8 Å². The molecule has 1 fully saturated rings. The number of benzene rings is 1. The van der Waals surface area contributed by atoms with Crippen molar-refractivity contribution in [2.45, 2.75) is 45.3 Å². The number of carbonyl (C=O) groups is 1. The van der Waals surface area contributed by atoms with Gasteiger partial charge in [-0.05, 0) is 30.9 Å². The van der Waals surface area contributed by atoms with E-state index in [-0.39, 0.29) is 18.1 Å². The summed E-state index contributed by atoms with van der Waals surface area (Å²) < 4.78 is 67.5. The van der Waals surface area contributed by atoms with Crippen LogP contribution in [0, 0.1) is 19.8 Å². The molecule has 1 aliphatic heterocycles. The van der Waals surface area contributed by atoms with Gasteiger partial charge in [-0.2, -0.15) is 13.2 Å². The zero-order valence-electron chi connectivity index (χ0n) is 19.7. The van der Waals surface area contributed by atoms with Crippen LogP contribution in [-0.2, 0) is 6.18 Å². The maximum atomic E-state index is 14.6. The Bertz CT molecular complexity index is 1240. The molecule has 1 aromatic carbocycles. The third-order valence-corrected chi connectivity index (χ3v) is 7.11. The Hall–Kier alpha value is -3.15. The Labute approximate surface area is 208 Å². The van der Waals surface area contributed by atoms with Crippen molar-refractivity contribution in [2.24, 2.45) is 5.92 Å². The smallest absolute Gasteiger partial charge is 0.367 e. The molecule has 36 heavy (non-hydrogen) atoms. The van der Waals surface area contributed by atoms with E-state index in [1.807, 2.05) is 31.2 Å². The average Bonchev–Trinajstić information content (AvgIpc) is 3.18. The second kappa shape index (κ2) is 9.72. The van der Waals surface area contributed by atoms with E-state index in [2.05, 4.69) is 20.3 Å². The van der Waals surface area contributed by atoms with Gasteiger partial charge in [-0.25, -0.2) is 23.7 Å². The van der Waals surface area contributed by atoms with Crippen LogP contribution >= 0.6 is 11.3 Å². The van der Waals surface area contributed by atoms with Gasteiger partial charge >= 0.3 is 6.18 Å². The van der Waals surface area contributed by atoms with E-state index in [0.717, 1.165) is 22.2 Å². The molecule has 1 aliphatic rings. The van der Waals surface area contributed by atoms with Crippen molar-refractivity contribution in [2.75, 3.05) is 18.4 Å². The van der Waals surface area contributed by atoms with Gasteiger partial charge in [-0.1, -0.05) is 31.2 Å². The van der Waals surface area contributed by atoms with Crippen LogP contribution in [0.3, 0.4) is 0 Å². The molecule has 2 aromatic heterocycles. The van der Waals surface area contributed by atoms with Crippen molar-refractivity contribution < 1.29 is 26.7 Å². The molecule has 0 spiro atoms. The fourth-order valence-corrected chi connectivity index (χ4v) is 5.37. The number of piperidine rings is 1. The largest absolute Gasteiger partial charge is 0.434 e. The van der Waals surface area contributed by atoms with Crippen LogP contribution in [0.5, 0.6) is 0 Å². The molecule has 3 heterocycles. The van der Waals surface area contributed by atoms with Crippen LogP contribution in [0.1, 0.15) is 40.1 Å². The Kier molecular flexibility index (Phi) is 7.00. The van der Waals surface area contributed by atoms with E-state index in [4.69, 9.17) is 0 Å². The van der Waals surface area contributed by atoms with Crippen LogP contribution in [0.2, 0.25) is 0 Å². The Morgan fingerprint density at radius 1 is 1.19 bits per heavy atom. The summed E-state index contributed by atoms with van der Waals surface area (Å²) >= 11 is 1.32. The van der Waals surface area contributed by atoms with Gasteiger partial charge in [0.2, 0.25) is 0 Å². The van der Waals surface area contributed by atoms with Crippen LogP contribution in [0.25, 0.3) is 10.4 Å². The topological polar surface area (TPSA) is 71.0 Å². The molecule has 0 radical (unpaired) electrons. The molecule has 0 saturated carbocycles. The monoisotopic (exact) mass is 525 g/mol. The van der Waals surface area contributed by atoms with E-state index < -0.39 is 48.6 Å². The second-order valence-electron chi connectivity index (χ2n) is 8.93. The molecule has 0 aliphatic carbocycles. The Morgan fingerprint density at radius 3 is 2.56 bits per heavy atom. The van der Waals surface area contributed by atoms with Crippen molar-refractivity contribution in [1.29, 1.82) is 0 Å². The number of carbonyl (C=O) groups excluding carboxylic acids is 1. The molecular weight excluding hydrogens is 501 g/mol. The molecule has 192 valence electrons. The number of anilines is 1. The highest BCUT2D eigenvalue weighted by molar-refractivity contribution is 7.15. The first kappa shape index (κ1) is 25.9. The molecule has 1 saturated heterocycles. The predicted octanol–water partition coefficient (Wildman–Crippen LogP) is 5.83. The molecule has 6 nitrogen and oxygen atoms in total. The van der Waals surface area contributed by atoms with E-state index in [1.54, 1.807) is 13.8 Å². The number of nitrogens with zero attached hydrogens (tertiary/aromatic N) is 4. The fraction of sp³-hybridized carbons (Fsp3) is 0.417. The lowest BCUT2D eigenvalue weighted by Crippen LogP contribution is -2.57. The maximum Gasteiger partial charge on any atom is 0.434 e. The van der Waals surface area contributed by atoms with Gasteiger partial charge in [0.1, 0.15) is 11.5 Å². The molecule has 2 unspecified atom stereocenters. The van der Waals surface area contributed by atoms with Gasteiger partial charge in [-0.3, -0.25) is 4.79 Å². The molecule has 3 aromatic rings. The number of amides is 1. The first-order valence-electron chi connectivity index (χ1n) is 11.2. The van der Waals surface area contributed by atoms with Gasteiger partial charge in [0.15, 0.2) is 5.69 Å². The minimum atomic E-state index is -4.63. The lowest BCUT2D eigenvalue weighted by Gasteiger charge is -2.43. The molecule has 12 heteroatoms. The zero-order valence-corrected chi connectivity index (χ0v) is 20.6. The van der Waals surface area contributed by atoms with Gasteiger partial charge < -0.3 is 10.2 Å². The molecule has 4 rings (SSSR count). The average molecular weight is 526 g/mol. The summed E-state index contributed by atoms with van der Waals surface area (Å²) in [6.07, 6.45) is -3.53. The highest BCUT2D eigenvalue weighted by atomic mass is 32.1. The summed E-state index contributed by atoms with van der Waals surface area (Å²) in [4.78, 5) is 26.9. The molecule has 1 amide bonds. The lowest BCUT2D eigenvalue weighted by molar-refractivity contribution is -0.141. The first-order chi connectivity index (χ1) is 16.9. The summed E-state index contributed by atoms with van der Waals surface area (Å²) in [6.45, 7) is 4.48. The lowest BCUT2D eigenvalue weighted by atomic mass is 9.88. The summed E-state index contributed by atoms with van der Waals surface area (Å²) in [6, 6.07) is 6.78. The zero-order chi connectivity index (χ0) is 26.3. The van der Waals surface area contributed by atoms with Gasteiger partial charge in [0.05, 0.1) is 34.9 Å². The van der Waals surface area contributed by atoms with Crippen molar-refractivity contribution in [3.63, 3.8) is 0 Å². The number of aromatic nitrogens is 3. The van der Waals surface area contributed by atoms with E-state index in [9.17, 15) is 26.7 Å². The summed E-state index contributed by atoms with van der Waals surface area (Å²) in [5, 5.41) is 3.48. The highest BCUT2D eigenvalue weighted by Crippen LogP contribution is 2.38. The third kappa shape index (κ3) is 5.48. The number of rotatable bonds is 5. The van der Waals surface area contributed by atoms with Gasteiger partial charge in [-0.15, -0.1) is 11.3 Å². The quantitative estimate of drug-likeness (QED) is 0.424. The van der Waals surface area contributed by atoms with Gasteiger partial charge in [0, 0.05) is 13.0 Å². The van der Waals surface area contributed by atoms with E-state index in [0.29, 0.717) is 16.1 Å². The predicted molar refractivity (Wildman–Crippen MR) is 126 cm³/mol. The molecule has 0 bridgehead atoms. The number of hydrogen-bond acceptors (Lipinski definition) is 6. The highest BCUT2D eigenvalue weighted by Gasteiger charge is 2.47. The number of alkyl halides is 5. The Balaban J connectivity index is 1.62. The molecular formula is C24H24F5N5OS. The fourth-order valence-electron chi connectivity index (χ4n) is 4.37. The van der Waals surface area contributed by atoms with Crippen LogP contribution < -0.4 is 5.32 Å². The molecule has 2 atom stereocenters. The second-order valence-corrected chi connectivity index (χ2v) is 10.1. The maximum absolute atomic E-state index is 14.6. The third-order valence-electron chi connectivity index (χ3n) is 6.10. The first-order valence-corrected chi connectivity index (χ1v) is 12.0. The number of thiazole rings is 1. The standard InChI is InChI=1S/C24H24F5N5OS/c1-13-6-4-5-7-16(13)21-20(33-15(3)36-21)22(35)34-12-23(25,26)8-14(2)17(34)9-31-19-11-30-18(10-32-19)24(27,28)29/h4-7,10-11,14,17H,8-9,12H2,1-3H3,(H,31,32). The van der Waals surface area contributed by atoms with Crippen LogP contribution in [0.15, 0.2) is 36.7 Å². The number of hydrogen-bond donors (Lipinski definition) is 1. The summed E-state index contributed by atoms with van der Waals surface area (Å²) in [5.74, 6) is -4.26. The number of aryl methyl sites for hydroxylation is 2. The van der Waals surface area contributed by atoms with Crippen molar-refractivity contribution in [1.82, 2.24) is 19.9 Å². The number of likely N-dealkylation sites (tertiary alicyclic amines) is 1. The van der Waals surface area contributed by atoms with Crippen molar-refractivity contribution in [3.8, 4) is 10.4 Å². The van der Waals surface area contributed by atoms with Crippen LogP contribution in [0.4, 0.5) is 27.8 Å². The minimum Gasteiger partial charge on any atom is -0.367 e. The van der Waals surface area contributed by atoms with Crippen LogP contribution in [-0.4, -0.2) is 50.8 Å². The van der Waals surface area contributed by atoms with Crippen molar-refractivity contribution in [3.05, 3.63) is 58.6 Å². The SMILES string of the molecule is Cc1nc(C(=O)N2CC(F)(F)CC(C)C2CNc2cnc(C(F)(F)F)cn2)c(-c2ccccc2C)s1. The summed E-state index contributed by atoms with van der Waals surface area (Å²) in [7, 11) is 0. The normalized spacial score (nSPS) is 19.8. The molecule has 1 N–H and O–H groups in total. The van der Waals surface area contributed by atoms with E-state index in [1.165, 1.54) is 11.3 Å². The minimum absolute atomic E-state index is 0.00580. The number of nitrogens with one attached hydrogen (secondary N) is 1. The van der Waals surface area contributed by atoms with Crippen molar-refractivity contribution >= 4 is 23.1 Å². The number of halogens is 5.